The van der Waals surface area contributed by atoms with Crippen LogP contribution < -0.4 is 5.32 Å². The summed E-state index contributed by atoms with van der Waals surface area (Å²) in [4.78, 5) is 31.1. The van der Waals surface area contributed by atoms with Gasteiger partial charge in [0.1, 0.15) is 5.65 Å². The fraction of sp³-hybridized carbons (Fsp3) is 0.200. The van der Waals surface area contributed by atoms with E-state index in [9.17, 15) is 4.79 Å². The Hall–Kier alpha value is -3.66. The molecule has 134 valence electrons. The van der Waals surface area contributed by atoms with Crippen LogP contribution >= 0.6 is 0 Å². The molecule has 0 aliphatic rings. The Balaban J connectivity index is 1.40. The van der Waals surface area contributed by atoms with Gasteiger partial charge in [0, 0.05) is 42.0 Å². The molecule has 4 heterocycles. The van der Waals surface area contributed by atoms with Gasteiger partial charge in [0.15, 0.2) is 11.5 Å². The number of aromatic nitrogens is 5. The normalized spacial score (nSPS) is 11.9. The van der Waals surface area contributed by atoms with Gasteiger partial charge in [0.2, 0.25) is 0 Å². The van der Waals surface area contributed by atoms with Crippen LogP contribution in [0.15, 0.2) is 36.8 Å². The molecule has 4 rings (SSSR count). The van der Waals surface area contributed by atoms with Crippen molar-refractivity contribution in [2.45, 2.75) is 26.3 Å². The maximum absolute atomic E-state index is 12.3. The summed E-state index contributed by atoms with van der Waals surface area (Å²) in [5, 5.41) is 3.97. The number of hydrogen-bond acceptors (Lipinski definition) is 4. The fourth-order valence-corrected chi connectivity index (χ4v) is 2.81. The zero-order chi connectivity index (χ0) is 18.8. The molecule has 0 aliphatic heterocycles. The van der Waals surface area contributed by atoms with Gasteiger partial charge >= 0.3 is 0 Å². The number of hydrogen-bond donors (Lipinski definition) is 3. The van der Waals surface area contributed by atoms with E-state index in [1.165, 1.54) is 0 Å². The first-order valence-electron chi connectivity index (χ1n) is 8.64. The number of fused-ring (bicyclic) bond motifs is 2. The third-order valence-corrected chi connectivity index (χ3v) is 4.23. The lowest BCUT2D eigenvalue weighted by Gasteiger charge is -2.08. The number of H-pyrrole nitrogens is 2. The highest BCUT2D eigenvalue weighted by atomic mass is 16.2. The highest BCUT2D eigenvalue weighted by Gasteiger charge is 2.13. The lowest BCUT2D eigenvalue weighted by atomic mass is 10.1. The molecule has 7 heteroatoms. The average molecular weight is 358 g/mol. The second-order valence-corrected chi connectivity index (χ2v) is 6.43. The molecule has 0 aromatic carbocycles. The molecule has 0 saturated carbocycles. The number of rotatable bonds is 3. The number of aromatic amines is 2. The molecule has 0 saturated heterocycles. The van der Waals surface area contributed by atoms with Gasteiger partial charge in [0.25, 0.3) is 5.91 Å². The summed E-state index contributed by atoms with van der Waals surface area (Å²) in [5.74, 6) is 6.19. The van der Waals surface area contributed by atoms with E-state index in [2.05, 4.69) is 42.1 Å². The molecular weight excluding hydrogens is 340 g/mol. The van der Waals surface area contributed by atoms with Crippen LogP contribution in [0.2, 0.25) is 0 Å². The quantitative estimate of drug-likeness (QED) is 0.490. The smallest absolute Gasteiger partial charge is 0.287 e. The fourth-order valence-electron chi connectivity index (χ4n) is 2.81. The summed E-state index contributed by atoms with van der Waals surface area (Å²) in [7, 11) is 0. The van der Waals surface area contributed by atoms with Crippen molar-refractivity contribution in [2.24, 2.45) is 0 Å². The van der Waals surface area contributed by atoms with Crippen molar-refractivity contribution >= 4 is 28.1 Å². The lowest BCUT2D eigenvalue weighted by molar-refractivity contribution is 0.0931. The molecule has 3 N–H and O–H groups in total. The minimum absolute atomic E-state index is 0.114. The molecule has 4 aromatic heterocycles. The van der Waals surface area contributed by atoms with Crippen LogP contribution in [0.4, 0.5) is 0 Å². The summed E-state index contributed by atoms with van der Waals surface area (Å²) < 4.78 is 0. The topological polar surface area (TPSA) is 99.3 Å². The number of pyridine rings is 2. The van der Waals surface area contributed by atoms with E-state index >= 15 is 0 Å². The average Bonchev–Trinajstić information content (AvgIpc) is 3.26. The van der Waals surface area contributed by atoms with E-state index in [4.69, 9.17) is 0 Å². The predicted octanol–water partition coefficient (Wildman–Crippen LogP) is 2.70. The standard InChI is InChI=1S/C20H18N6O/c1-12-10-22-17-15(12)9-14(11-23-17)6-3-5-13(2)24-20(27)19-25-16-7-4-8-21-18(16)26-19/h4,7-11,13H,5H2,1-2H3,(H,22,23)(H,24,27)(H,21,25,26)/t13-/m0/s1. The number of nitrogens with zero attached hydrogens (tertiary/aromatic N) is 3. The Labute approximate surface area is 155 Å². The van der Waals surface area contributed by atoms with Crippen molar-refractivity contribution in [3.63, 3.8) is 0 Å². The third kappa shape index (κ3) is 3.51. The van der Waals surface area contributed by atoms with Crippen LogP contribution in [-0.4, -0.2) is 36.9 Å². The summed E-state index contributed by atoms with van der Waals surface area (Å²) in [6.07, 6.45) is 5.84. The molecule has 0 fully saturated rings. The highest BCUT2D eigenvalue weighted by Crippen LogP contribution is 2.16. The van der Waals surface area contributed by atoms with E-state index in [1.807, 2.05) is 32.2 Å². The Morgan fingerprint density at radius 2 is 2.26 bits per heavy atom. The first-order chi connectivity index (χ1) is 13.1. The van der Waals surface area contributed by atoms with Crippen molar-refractivity contribution in [2.75, 3.05) is 0 Å². The van der Waals surface area contributed by atoms with Gasteiger partial charge in [-0.1, -0.05) is 11.8 Å². The monoisotopic (exact) mass is 358 g/mol. The largest absolute Gasteiger partial charge is 0.346 e. The van der Waals surface area contributed by atoms with Crippen molar-refractivity contribution in [1.82, 2.24) is 30.2 Å². The molecule has 7 nitrogen and oxygen atoms in total. The molecule has 0 spiro atoms. The Kier molecular flexibility index (Phi) is 4.30. The summed E-state index contributed by atoms with van der Waals surface area (Å²) in [6.45, 7) is 3.94. The number of aryl methyl sites for hydroxylation is 1. The first kappa shape index (κ1) is 16.8. The first-order valence-corrected chi connectivity index (χ1v) is 8.64. The van der Waals surface area contributed by atoms with Crippen molar-refractivity contribution in [3.8, 4) is 11.8 Å². The van der Waals surface area contributed by atoms with Gasteiger partial charge in [-0.05, 0) is 37.6 Å². The Morgan fingerprint density at radius 3 is 3.11 bits per heavy atom. The van der Waals surface area contributed by atoms with E-state index < -0.39 is 0 Å². The van der Waals surface area contributed by atoms with Crippen LogP contribution in [0, 0.1) is 18.8 Å². The molecule has 0 unspecified atom stereocenters. The van der Waals surface area contributed by atoms with Crippen molar-refractivity contribution < 1.29 is 4.79 Å². The summed E-state index contributed by atoms with van der Waals surface area (Å²) in [5.41, 5.74) is 4.12. The van der Waals surface area contributed by atoms with Crippen molar-refractivity contribution in [3.05, 3.63) is 53.7 Å². The van der Waals surface area contributed by atoms with Crippen LogP contribution in [0.25, 0.3) is 22.2 Å². The minimum Gasteiger partial charge on any atom is -0.346 e. The second-order valence-electron chi connectivity index (χ2n) is 6.43. The van der Waals surface area contributed by atoms with Crippen LogP contribution in [0.3, 0.4) is 0 Å². The number of carbonyl (C=O) groups is 1. The van der Waals surface area contributed by atoms with E-state index in [-0.39, 0.29) is 17.8 Å². The highest BCUT2D eigenvalue weighted by molar-refractivity contribution is 5.93. The summed E-state index contributed by atoms with van der Waals surface area (Å²) >= 11 is 0. The van der Waals surface area contributed by atoms with Crippen LogP contribution in [0.1, 0.15) is 35.1 Å². The zero-order valence-corrected chi connectivity index (χ0v) is 15.0. The maximum Gasteiger partial charge on any atom is 0.287 e. The van der Waals surface area contributed by atoms with Gasteiger partial charge < -0.3 is 15.3 Å². The number of nitrogens with one attached hydrogen (secondary N) is 3. The van der Waals surface area contributed by atoms with E-state index in [0.717, 1.165) is 27.7 Å². The van der Waals surface area contributed by atoms with E-state index in [0.29, 0.717) is 12.1 Å². The third-order valence-electron chi connectivity index (χ3n) is 4.23. The zero-order valence-electron chi connectivity index (χ0n) is 15.0. The lowest BCUT2D eigenvalue weighted by Crippen LogP contribution is -2.32. The Bertz CT molecular complexity index is 1160. The molecular formula is C20H18N6O. The van der Waals surface area contributed by atoms with Gasteiger partial charge in [-0.15, -0.1) is 0 Å². The predicted molar refractivity (Wildman–Crippen MR) is 103 cm³/mol. The molecule has 4 aromatic rings. The van der Waals surface area contributed by atoms with Gasteiger partial charge in [0.05, 0.1) is 5.52 Å². The van der Waals surface area contributed by atoms with E-state index in [1.54, 1.807) is 18.5 Å². The molecule has 1 amide bonds. The molecule has 0 bridgehead atoms. The van der Waals surface area contributed by atoms with Gasteiger partial charge in [-0.2, -0.15) is 0 Å². The van der Waals surface area contributed by atoms with Crippen molar-refractivity contribution in [1.29, 1.82) is 0 Å². The number of carbonyl (C=O) groups excluding carboxylic acids is 1. The minimum atomic E-state index is -0.270. The Morgan fingerprint density at radius 1 is 1.37 bits per heavy atom. The molecule has 0 aliphatic carbocycles. The SMILES string of the molecule is Cc1c[nH]c2ncc(C#CC[C@H](C)NC(=O)c3nc4ncccc4[nH]3)cc12. The second kappa shape index (κ2) is 6.92. The van der Waals surface area contributed by atoms with Crippen LogP contribution in [0.5, 0.6) is 0 Å². The maximum atomic E-state index is 12.3. The molecule has 0 radical (unpaired) electrons. The molecule has 27 heavy (non-hydrogen) atoms. The number of amides is 1. The summed E-state index contributed by atoms with van der Waals surface area (Å²) in [6, 6.07) is 5.53. The van der Waals surface area contributed by atoms with Gasteiger partial charge in [-0.3, -0.25) is 4.79 Å². The molecule has 1 atom stereocenters. The van der Waals surface area contributed by atoms with Gasteiger partial charge in [-0.25, -0.2) is 15.0 Å². The number of imidazole rings is 1. The van der Waals surface area contributed by atoms with Crippen LogP contribution in [-0.2, 0) is 0 Å².